The predicted octanol–water partition coefficient (Wildman–Crippen LogP) is 15.7. The molecule has 0 aliphatic carbocycles. The molecule has 0 bridgehead atoms. The number of carboxylic acid groups (broad SMARTS) is 1. The summed E-state index contributed by atoms with van der Waals surface area (Å²) in [6.45, 7) is 5.72. The lowest BCUT2D eigenvalue weighted by molar-refractivity contribution is -0.301. The highest BCUT2D eigenvalue weighted by Crippen LogP contribution is 2.26. The highest BCUT2D eigenvalue weighted by molar-refractivity contribution is 5.74. The monoisotopic (exact) mass is 1080 g/mol. The summed E-state index contributed by atoms with van der Waals surface area (Å²) in [6, 6.07) is 0. The normalized spacial score (nSPS) is 18.7. The maximum Gasteiger partial charge on any atom is 0.335 e. The van der Waals surface area contributed by atoms with E-state index < -0.39 is 67.3 Å². The van der Waals surface area contributed by atoms with E-state index >= 15 is 0 Å². The summed E-state index contributed by atoms with van der Waals surface area (Å²) in [5.74, 6) is -3.21. The highest BCUT2D eigenvalue weighted by atomic mass is 16.7. The third kappa shape index (κ3) is 42.3. The van der Waals surface area contributed by atoms with Crippen LogP contribution in [-0.2, 0) is 42.9 Å². The van der Waals surface area contributed by atoms with Gasteiger partial charge in [0, 0.05) is 19.3 Å². The number of aliphatic hydroxyl groups is 2. The topological polar surface area (TPSA) is 175 Å². The van der Waals surface area contributed by atoms with E-state index in [-0.39, 0.29) is 25.9 Å². The number of unbranched alkanes of at least 4 members (excludes halogenated alkanes) is 20. The van der Waals surface area contributed by atoms with E-state index in [9.17, 15) is 34.5 Å². The number of carbonyl (C=O) groups excluding carboxylic acids is 3. The molecule has 12 nitrogen and oxygen atoms in total. The zero-order chi connectivity index (χ0) is 56.1. The Kier molecular flexibility index (Phi) is 48.0. The fourth-order valence-electron chi connectivity index (χ4n) is 8.59. The molecule has 77 heavy (non-hydrogen) atoms. The number of carbonyl (C=O) groups is 4. The average molecular weight is 1080 g/mol. The summed E-state index contributed by atoms with van der Waals surface area (Å²) in [5, 5.41) is 31.5. The first-order valence-corrected chi connectivity index (χ1v) is 30.2. The van der Waals surface area contributed by atoms with Crippen LogP contribution in [0.25, 0.3) is 0 Å². The van der Waals surface area contributed by atoms with E-state index in [1.54, 1.807) is 0 Å². The Labute approximate surface area is 466 Å². The molecule has 1 aliphatic heterocycles. The standard InChI is InChI=1S/C65H106O12/c1-4-7-10-13-16-19-22-25-27-29-31-34-36-39-42-45-48-51-57(66)73-54-56(75-58(67)52-49-46-43-40-37-33-24-21-18-15-12-9-6-3)55-74-65-63(61(70)60(69)62(77-65)64(71)72)76-59(68)53-50-47-44-41-38-35-32-30-28-26-23-20-17-14-11-8-5-2/h7-8,10-11,16-17,19-20,25-28,31,34,39,42,56,60-63,65,69-70H,4-6,9,12-15,18,21-24,29-30,32-33,35-38,40-41,43-55H2,1-3H3,(H,71,72)/b10-7-,11-8-,19-16-,20-17-,27-25-,28-26-,34-31-,42-39-. The minimum absolute atomic E-state index is 0.0407. The first-order chi connectivity index (χ1) is 37.6. The zero-order valence-electron chi connectivity index (χ0n) is 48.2. The molecular formula is C65H106O12. The Morgan fingerprint density at radius 1 is 0.442 bits per heavy atom. The maximum absolute atomic E-state index is 13.1. The molecule has 1 heterocycles. The van der Waals surface area contributed by atoms with Crippen LogP contribution in [0.15, 0.2) is 97.2 Å². The van der Waals surface area contributed by atoms with E-state index in [1.807, 2.05) is 6.08 Å². The average Bonchev–Trinajstić information content (AvgIpc) is 3.42. The molecule has 1 aliphatic rings. The fraction of sp³-hybridized carbons (Fsp3) is 0.692. The summed E-state index contributed by atoms with van der Waals surface area (Å²) in [5.41, 5.74) is 0. The van der Waals surface area contributed by atoms with E-state index in [2.05, 4.69) is 112 Å². The molecule has 0 radical (unpaired) electrons. The minimum atomic E-state index is -1.92. The van der Waals surface area contributed by atoms with E-state index in [0.717, 1.165) is 116 Å². The third-order valence-electron chi connectivity index (χ3n) is 13.2. The van der Waals surface area contributed by atoms with Gasteiger partial charge in [0.15, 0.2) is 24.6 Å². The van der Waals surface area contributed by atoms with Crippen LogP contribution in [-0.4, -0.2) is 89.2 Å². The van der Waals surface area contributed by atoms with Gasteiger partial charge in [0.25, 0.3) is 0 Å². The second-order valence-corrected chi connectivity index (χ2v) is 20.2. The molecule has 0 spiro atoms. The van der Waals surface area contributed by atoms with Crippen LogP contribution in [0.3, 0.4) is 0 Å². The largest absolute Gasteiger partial charge is 0.479 e. The third-order valence-corrected chi connectivity index (χ3v) is 13.2. The smallest absolute Gasteiger partial charge is 0.335 e. The van der Waals surface area contributed by atoms with Crippen LogP contribution in [0.5, 0.6) is 0 Å². The first kappa shape index (κ1) is 70.7. The van der Waals surface area contributed by atoms with E-state index in [0.29, 0.717) is 25.7 Å². The Morgan fingerprint density at radius 3 is 1.29 bits per heavy atom. The Balaban J connectivity index is 2.72. The molecule has 1 rings (SSSR count). The number of esters is 3. The van der Waals surface area contributed by atoms with Crippen LogP contribution in [0.2, 0.25) is 0 Å². The number of hydrogen-bond donors (Lipinski definition) is 3. The van der Waals surface area contributed by atoms with Gasteiger partial charge in [-0.2, -0.15) is 0 Å². The lowest BCUT2D eigenvalue weighted by atomic mass is 9.98. The summed E-state index contributed by atoms with van der Waals surface area (Å²) < 4.78 is 28.4. The minimum Gasteiger partial charge on any atom is -0.479 e. The molecule has 12 heteroatoms. The molecule has 6 unspecified atom stereocenters. The Hall–Kier alpha value is -4.36. The van der Waals surface area contributed by atoms with Crippen molar-refractivity contribution in [2.24, 2.45) is 0 Å². The molecule has 0 saturated carbocycles. The van der Waals surface area contributed by atoms with Crippen molar-refractivity contribution in [1.82, 2.24) is 0 Å². The van der Waals surface area contributed by atoms with Gasteiger partial charge in [-0.3, -0.25) is 14.4 Å². The Morgan fingerprint density at radius 2 is 0.831 bits per heavy atom. The number of aliphatic carboxylic acids is 1. The van der Waals surface area contributed by atoms with Crippen molar-refractivity contribution >= 4 is 23.9 Å². The van der Waals surface area contributed by atoms with E-state index in [1.165, 1.54) is 57.8 Å². The lowest BCUT2D eigenvalue weighted by Crippen LogP contribution is -2.61. The summed E-state index contributed by atoms with van der Waals surface area (Å²) >= 11 is 0. The second kappa shape index (κ2) is 52.3. The number of carboxylic acids is 1. The summed E-state index contributed by atoms with van der Waals surface area (Å²) in [4.78, 5) is 51.1. The molecule has 0 aromatic heterocycles. The van der Waals surface area contributed by atoms with Gasteiger partial charge in [0.1, 0.15) is 18.8 Å². The zero-order valence-corrected chi connectivity index (χ0v) is 48.2. The summed E-state index contributed by atoms with van der Waals surface area (Å²) in [6.07, 6.45) is 56.6. The molecule has 1 fully saturated rings. The van der Waals surface area contributed by atoms with Crippen LogP contribution in [0, 0.1) is 0 Å². The predicted molar refractivity (Wildman–Crippen MR) is 312 cm³/mol. The van der Waals surface area contributed by atoms with Gasteiger partial charge in [-0.1, -0.05) is 227 Å². The van der Waals surface area contributed by atoms with Gasteiger partial charge in [0.2, 0.25) is 0 Å². The van der Waals surface area contributed by atoms with Crippen molar-refractivity contribution < 1.29 is 58.2 Å². The molecule has 3 N–H and O–H groups in total. The second-order valence-electron chi connectivity index (χ2n) is 20.2. The van der Waals surface area contributed by atoms with Crippen molar-refractivity contribution in [1.29, 1.82) is 0 Å². The van der Waals surface area contributed by atoms with Crippen LogP contribution >= 0.6 is 0 Å². The van der Waals surface area contributed by atoms with Crippen LogP contribution in [0.4, 0.5) is 0 Å². The van der Waals surface area contributed by atoms with E-state index in [4.69, 9.17) is 23.7 Å². The molecule has 6 atom stereocenters. The molecule has 1 saturated heterocycles. The number of allylic oxidation sites excluding steroid dienone is 16. The lowest BCUT2D eigenvalue weighted by Gasteiger charge is -2.40. The maximum atomic E-state index is 13.1. The number of ether oxygens (including phenoxy) is 5. The van der Waals surface area contributed by atoms with Crippen molar-refractivity contribution in [2.75, 3.05) is 13.2 Å². The molecule has 438 valence electrons. The van der Waals surface area contributed by atoms with Crippen molar-refractivity contribution in [3.05, 3.63) is 97.2 Å². The van der Waals surface area contributed by atoms with Gasteiger partial charge < -0.3 is 39.0 Å². The number of hydrogen-bond acceptors (Lipinski definition) is 11. The molecular weight excluding hydrogens is 973 g/mol. The van der Waals surface area contributed by atoms with Gasteiger partial charge in [0.05, 0.1) is 6.61 Å². The SMILES string of the molecule is CC/C=C\C/C=C\C/C=C\C/C=C\C/C=C\CCCC(=O)OCC(COC1OC(C(=O)O)C(O)C(O)C1OC(=O)CCCCCCCCC/C=C\C/C=C\C/C=C\CC)OC(=O)CCCCCCCCCCCCCCC. The molecule has 0 aromatic rings. The quantitative estimate of drug-likeness (QED) is 0.0228. The van der Waals surface area contributed by atoms with Gasteiger partial charge in [-0.15, -0.1) is 0 Å². The Bertz CT molecular complexity index is 1710. The van der Waals surface area contributed by atoms with Gasteiger partial charge >= 0.3 is 23.9 Å². The molecule has 0 amide bonds. The highest BCUT2D eigenvalue weighted by Gasteiger charge is 2.50. The number of aliphatic hydroxyl groups excluding tert-OH is 2. The van der Waals surface area contributed by atoms with Crippen molar-refractivity contribution in [2.45, 2.75) is 276 Å². The van der Waals surface area contributed by atoms with Crippen molar-refractivity contribution in [3.8, 4) is 0 Å². The summed E-state index contributed by atoms with van der Waals surface area (Å²) in [7, 11) is 0. The molecule has 0 aromatic carbocycles. The van der Waals surface area contributed by atoms with Crippen LogP contribution < -0.4 is 0 Å². The fourth-order valence-corrected chi connectivity index (χ4v) is 8.59. The number of rotatable bonds is 50. The van der Waals surface area contributed by atoms with Crippen LogP contribution in [0.1, 0.15) is 239 Å². The van der Waals surface area contributed by atoms with Gasteiger partial charge in [-0.25, -0.2) is 4.79 Å². The van der Waals surface area contributed by atoms with Gasteiger partial charge in [-0.05, 0) is 89.9 Å². The van der Waals surface area contributed by atoms with Crippen molar-refractivity contribution in [3.63, 3.8) is 0 Å². The first-order valence-electron chi connectivity index (χ1n) is 30.2.